The monoisotopic (exact) mass is 740 g/mol. The Morgan fingerprint density at radius 2 is 1.93 bits per heavy atom. The van der Waals surface area contributed by atoms with Crippen LogP contribution in [0.2, 0.25) is 0 Å². The lowest BCUT2D eigenvalue weighted by Crippen LogP contribution is -2.49. The number of aromatic nitrogens is 2. The van der Waals surface area contributed by atoms with E-state index >= 15 is 0 Å². The molecule has 1 saturated carbocycles. The SMILES string of the molecule is CCCCCN1C=Nc2cccc3nc4c(c1c23)Cn1c-4cc2c(c1=O)COC(=O)[C@@]2(CC)OC(=O)CC[C@@H](NC(=O)[C@H](N)CC1CCCCC1)C(=O)O. The van der Waals surface area contributed by atoms with Crippen molar-refractivity contribution in [3.05, 3.63) is 51.3 Å². The van der Waals surface area contributed by atoms with Crippen molar-refractivity contribution >= 4 is 52.4 Å². The third kappa shape index (κ3) is 6.76. The van der Waals surface area contributed by atoms with Crippen LogP contribution in [-0.4, -0.2) is 63.4 Å². The van der Waals surface area contributed by atoms with Crippen LogP contribution in [0.25, 0.3) is 22.3 Å². The second kappa shape index (κ2) is 15.3. The molecule has 1 fully saturated rings. The third-order valence-corrected chi connectivity index (χ3v) is 11.4. The van der Waals surface area contributed by atoms with E-state index in [4.69, 9.17) is 25.2 Å². The van der Waals surface area contributed by atoms with E-state index in [0.717, 1.165) is 85.8 Å². The number of aliphatic carboxylic acids is 1. The highest BCUT2D eigenvalue weighted by atomic mass is 16.6. The van der Waals surface area contributed by atoms with Crippen molar-refractivity contribution in [2.45, 2.75) is 122 Å². The van der Waals surface area contributed by atoms with Crippen LogP contribution in [0.3, 0.4) is 0 Å². The molecule has 5 heterocycles. The zero-order valence-electron chi connectivity index (χ0n) is 30.9. The number of hydrogen-bond acceptors (Lipinski definition) is 11. The highest BCUT2D eigenvalue weighted by Gasteiger charge is 2.50. The molecule has 3 atom stereocenters. The number of pyridine rings is 2. The number of carbonyl (C=O) groups excluding carboxylic acids is 3. The molecule has 14 nitrogen and oxygen atoms in total. The zero-order chi connectivity index (χ0) is 38.1. The molecule has 54 heavy (non-hydrogen) atoms. The number of benzene rings is 1. The number of aliphatic imine (C=N–C) groups is 1. The van der Waals surface area contributed by atoms with Crippen LogP contribution in [0.15, 0.2) is 34.1 Å². The lowest BCUT2D eigenvalue weighted by molar-refractivity contribution is -0.189. The number of esters is 2. The summed E-state index contributed by atoms with van der Waals surface area (Å²) in [5.74, 6) is -3.29. The van der Waals surface area contributed by atoms with Crippen molar-refractivity contribution in [2.75, 3.05) is 11.4 Å². The Morgan fingerprint density at radius 1 is 1.13 bits per heavy atom. The Kier molecular flexibility index (Phi) is 10.6. The Labute approximate surface area is 313 Å². The molecule has 1 amide bonds. The Morgan fingerprint density at radius 3 is 2.67 bits per heavy atom. The van der Waals surface area contributed by atoms with Gasteiger partial charge in [0.1, 0.15) is 12.6 Å². The first-order valence-electron chi connectivity index (χ1n) is 19.3. The minimum Gasteiger partial charge on any atom is -0.480 e. The second-order valence-electron chi connectivity index (χ2n) is 14.9. The summed E-state index contributed by atoms with van der Waals surface area (Å²) in [6, 6.07) is 5.20. The lowest BCUT2D eigenvalue weighted by Gasteiger charge is -2.35. The molecule has 4 N–H and O–H groups in total. The number of hydrogen-bond donors (Lipinski definition) is 3. The number of rotatable bonds is 14. The van der Waals surface area contributed by atoms with Gasteiger partial charge in [0, 0.05) is 24.1 Å². The molecule has 0 unspecified atom stereocenters. The first-order chi connectivity index (χ1) is 26.1. The van der Waals surface area contributed by atoms with Gasteiger partial charge < -0.3 is 35.1 Å². The van der Waals surface area contributed by atoms with Crippen molar-refractivity contribution in [2.24, 2.45) is 16.6 Å². The number of fused-ring (bicyclic) bond motifs is 5. The predicted molar refractivity (Wildman–Crippen MR) is 201 cm³/mol. The number of nitrogens with two attached hydrogens (primary N) is 1. The van der Waals surface area contributed by atoms with Crippen LogP contribution in [0.4, 0.5) is 11.4 Å². The molecule has 3 aliphatic heterocycles. The molecule has 1 aromatic carbocycles. The highest BCUT2D eigenvalue weighted by Crippen LogP contribution is 2.47. The van der Waals surface area contributed by atoms with Crippen LogP contribution in [0.5, 0.6) is 0 Å². The molecule has 4 aliphatic rings. The zero-order valence-corrected chi connectivity index (χ0v) is 30.9. The summed E-state index contributed by atoms with van der Waals surface area (Å²) in [6.45, 7) is 4.51. The van der Waals surface area contributed by atoms with Gasteiger partial charge in [-0.25, -0.2) is 19.6 Å². The molecule has 0 saturated heterocycles. The molecule has 7 rings (SSSR count). The summed E-state index contributed by atoms with van der Waals surface area (Å²) in [6.07, 6.45) is 9.93. The molecule has 0 bridgehead atoms. The number of amides is 1. The smallest absolute Gasteiger partial charge is 0.355 e. The van der Waals surface area contributed by atoms with Crippen LogP contribution < -0.4 is 21.5 Å². The van der Waals surface area contributed by atoms with Crippen LogP contribution >= 0.6 is 0 Å². The topological polar surface area (TPSA) is 196 Å². The molecule has 2 aromatic heterocycles. The van der Waals surface area contributed by atoms with Crippen molar-refractivity contribution < 1.29 is 33.8 Å². The fraction of sp³-hybridized carbons (Fsp3) is 0.525. The number of ether oxygens (including phenoxy) is 2. The average molecular weight is 741 g/mol. The quantitative estimate of drug-likeness (QED) is 0.117. The van der Waals surface area contributed by atoms with E-state index in [2.05, 4.69) is 17.1 Å². The molecule has 3 aromatic rings. The first-order valence-corrected chi connectivity index (χ1v) is 19.3. The molecular formula is C40H48N6O8. The van der Waals surface area contributed by atoms with Crippen molar-refractivity contribution in [1.29, 1.82) is 0 Å². The first kappa shape index (κ1) is 37.2. The van der Waals surface area contributed by atoms with Gasteiger partial charge in [0.2, 0.25) is 11.5 Å². The maximum absolute atomic E-state index is 14.3. The summed E-state index contributed by atoms with van der Waals surface area (Å²) in [5, 5.41) is 13.3. The van der Waals surface area contributed by atoms with Crippen LogP contribution in [0.1, 0.15) is 108 Å². The summed E-state index contributed by atoms with van der Waals surface area (Å²) >= 11 is 0. The molecule has 14 heteroatoms. The Balaban J connectivity index is 1.15. The summed E-state index contributed by atoms with van der Waals surface area (Å²) < 4.78 is 13.1. The highest BCUT2D eigenvalue weighted by molar-refractivity contribution is 6.11. The fourth-order valence-electron chi connectivity index (χ4n) is 8.49. The van der Waals surface area contributed by atoms with Gasteiger partial charge in [-0.1, -0.05) is 64.9 Å². The lowest BCUT2D eigenvalue weighted by atomic mass is 9.85. The van der Waals surface area contributed by atoms with Crippen LogP contribution in [0, 0.1) is 5.92 Å². The summed E-state index contributed by atoms with van der Waals surface area (Å²) in [5.41, 5.74) is 8.67. The Bertz CT molecular complexity index is 2090. The van der Waals surface area contributed by atoms with E-state index in [1.165, 1.54) is 0 Å². The summed E-state index contributed by atoms with van der Waals surface area (Å²) in [4.78, 5) is 78.2. The van der Waals surface area contributed by atoms with Gasteiger partial charge in [-0.2, -0.15) is 0 Å². The van der Waals surface area contributed by atoms with E-state index < -0.39 is 47.9 Å². The summed E-state index contributed by atoms with van der Waals surface area (Å²) in [7, 11) is 0. The minimum atomic E-state index is -1.95. The molecule has 0 spiro atoms. The van der Waals surface area contributed by atoms with Gasteiger partial charge in [0.05, 0.1) is 58.2 Å². The third-order valence-electron chi connectivity index (χ3n) is 11.4. The van der Waals surface area contributed by atoms with Gasteiger partial charge in [-0.3, -0.25) is 14.4 Å². The molecular weight excluding hydrogens is 692 g/mol. The van der Waals surface area contributed by atoms with Crippen molar-refractivity contribution in [3.8, 4) is 11.4 Å². The number of carboxylic acids is 1. The fourth-order valence-corrected chi connectivity index (χ4v) is 8.49. The van der Waals surface area contributed by atoms with Crippen molar-refractivity contribution in [3.63, 3.8) is 0 Å². The number of carbonyl (C=O) groups is 4. The number of unbranched alkanes of at least 4 members (excludes halogenated alkanes) is 2. The molecule has 1 aliphatic carbocycles. The number of carboxylic acid groups (broad SMARTS) is 1. The number of cyclic esters (lactones) is 1. The minimum absolute atomic E-state index is 0.0448. The van der Waals surface area contributed by atoms with Crippen LogP contribution in [-0.2, 0) is 47.4 Å². The van der Waals surface area contributed by atoms with Gasteiger partial charge in [-0.15, -0.1) is 0 Å². The van der Waals surface area contributed by atoms with Gasteiger partial charge in [0.25, 0.3) is 5.56 Å². The van der Waals surface area contributed by atoms with Gasteiger partial charge in [-0.05, 0) is 49.8 Å². The predicted octanol–water partition coefficient (Wildman–Crippen LogP) is 4.95. The number of anilines is 1. The number of nitrogens with one attached hydrogen (secondary N) is 1. The van der Waals surface area contributed by atoms with E-state index in [0.29, 0.717) is 23.7 Å². The van der Waals surface area contributed by atoms with E-state index in [1.807, 2.05) is 24.5 Å². The maximum Gasteiger partial charge on any atom is 0.355 e. The normalized spacial score (nSPS) is 19.8. The second-order valence-corrected chi connectivity index (χ2v) is 14.9. The van der Waals surface area contributed by atoms with Gasteiger partial charge >= 0.3 is 17.9 Å². The number of nitrogens with zero attached hydrogens (tertiary/aromatic N) is 4. The standard InChI is InChI=1S/C40H48N6O8/c1-3-5-9-17-45-22-42-28-13-10-14-29-33(28)35(45)24-20-46-31(34(24)43-29)19-26-25(37(46)49)21-53-39(52)40(26,4-2)54-32(47)16-15-30(38(50)51)44-36(48)27(41)18-23-11-7-6-8-12-23/h10,13-14,19,22-23,27,30H,3-9,11-12,15-18,20-21,41H2,1-2H3,(H,44,48)(H,50,51)/t27-,30-,40+/m1/s1. The van der Waals surface area contributed by atoms with E-state index in [9.17, 15) is 29.1 Å². The molecule has 0 radical (unpaired) electrons. The molecule has 286 valence electrons. The van der Waals surface area contributed by atoms with Crippen molar-refractivity contribution in [1.82, 2.24) is 14.9 Å². The largest absolute Gasteiger partial charge is 0.480 e. The van der Waals surface area contributed by atoms with Gasteiger partial charge in [0.15, 0.2) is 0 Å². The van der Waals surface area contributed by atoms with E-state index in [-0.39, 0.29) is 42.7 Å². The van der Waals surface area contributed by atoms with E-state index in [1.54, 1.807) is 17.6 Å². The maximum atomic E-state index is 14.3. The average Bonchev–Trinajstić information content (AvgIpc) is 3.54. The Hall–Kier alpha value is -5.11.